The predicted molar refractivity (Wildman–Crippen MR) is 118 cm³/mol. The highest BCUT2D eigenvalue weighted by molar-refractivity contribution is 14.0. The third-order valence-corrected chi connectivity index (χ3v) is 3.51. The summed E-state index contributed by atoms with van der Waals surface area (Å²) in [5.41, 5.74) is 2.13. The molecule has 0 fully saturated rings. The first kappa shape index (κ1) is 25.4. The van der Waals surface area contributed by atoms with E-state index < -0.39 is 0 Å². The lowest BCUT2D eigenvalue weighted by molar-refractivity contribution is -0.140. The number of nitrogens with one attached hydrogen (secondary N) is 2. The van der Waals surface area contributed by atoms with E-state index >= 15 is 0 Å². The van der Waals surface area contributed by atoms with Crippen LogP contribution in [0.5, 0.6) is 5.75 Å². The van der Waals surface area contributed by atoms with Crippen LogP contribution in [0.2, 0.25) is 0 Å². The lowest BCUT2D eigenvalue weighted by Crippen LogP contribution is -2.38. The minimum absolute atomic E-state index is 0. The molecule has 154 valence electrons. The Morgan fingerprint density at radius 1 is 1.19 bits per heavy atom. The molecule has 27 heavy (non-hydrogen) atoms. The Morgan fingerprint density at radius 3 is 2.63 bits per heavy atom. The fourth-order valence-electron chi connectivity index (χ4n) is 2.17. The van der Waals surface area contributed by atoms with E-state index in [1.165, 1.54) is 7.11 Å². The number of ether oxygens (including phenoxy) is 3. The van der Waals surface area contributed by atoms with E-state index in [1.54, 1.807) is 0 Å². The van der Waals surface area contributed by atoms with E-state index in [0.717, 1.165) is 23.4 Å². The van der Waals surface area contributed by atoms with E-state index in [4.69, 9.17) is 9.47 Å². The number of rotatable bonds is 11. The number of methoxy groups -OCH3 is 1. The van der Waals surface area contributed by atoms with Crippen LogP contribution in [0.4, 0.5) is 0 Å². The highest BCUT2D eigenvalue weighted by atomic mass is 127. The smallest absolute Gasteiger partial charge is 0.307 e. The van der Waals surface area contributed by atoms with Gasteiger partial charge in [0.15, 0.2) is 5.96 Å². The van der Waals surface area contributed by atoms with Crippen molar-refractivity contribution in [2.24, 2.45) is 4.99 Å². The molecule has 0 aromatic heterocycles. The van der Waals surface area contributed by atoms with Crippen LogP contribution in [0, 0.1) is 6.92 Å². The number of aliphatic imine (C=N–C) groups is 1. The van der Waals surface area contributed by atoms with Gasteiger partial charge in [0.2, 0.25) is 0 Å². The predicted octanol–water partition coefficient (Wildman–Crippen LogP) is 2.65. The number of esters is 1. The third-order valence-electron chi connectivity index (χ3n) is 3.51. The monoisotopic (exact) mass is 493 g/mol. The molecule has 8 heteroatoms. The molecule has 0 aliphatic heterocycles. The summed E-state index contributed by atoms with van der Waals surface area (Å²) in [6.07, 6.45) is 0.289. The van der Waals surface area contributed by atoms with Gasteiger partial charge in [-0.1, -0.05) is 12.1 Å². The molecule has 0 aliphatic rings. The number of hydrogen-bond acceptors (Lipinski definition) is 5. The number of halogens is 1. The highest BCUT2D eigenvalue weighted by Crippen LogP contribution is 2.21. The number of benzene rings is 1. The first-order chi connectivity index (χ1) is 12.6. The van der Waals surface area contributed by atoms with Crippen LogP contribution in [0.15, 0.2) is 23.2 Å². The summed E-state index contributed by atoms with van der Waals surface area (Å²) in [4.78, 5) is 15.8. The second kappa shape index (κ2) is 15.5. The van der Waals surface area contributed by atoms with E-state index in [2.05, 4.69) is 20.4 Å². The molecule has 0 atom stereocenters. The summed E-state index contributed by atoms with van der Waals surface area (Å²) in [6.45, 7) is 9.39. The van der Waals surface area contributed by atoms with Crippen LogP contribution in [0.1, 0.15) is 31.4 Å². The Balaban J connectivity index is 0.00000676. The molecule has 0 heterocycles. The summed E-state index contributed by atoms with van der Waals surface area (Å²) in [7, 11) is 1.38. The second-order valence-electron chi connectivity index (χ2n) is 5.60. The molecule has 0 amide bonds. The Kier molecular flexibility index (Phi) is 14.6. The molecule has 1 aromatic carbocycles. The third kappa shape index (κ3) is 11.0. The molecule has 0 aliphatic carbocycles. The van der Waals surface area contributed by atoms with Gasteiger partial charge >= 0.3 is 5.97 Å². The molecule has 1 rings (SSSR count). The van der Waals surface area contributed by atoms with Crippen LogP contribution in [-0.4, -0.2) is 51.9 Å². The SMILES string of the molecule is CCNC(=NCc1ccc(C)cc1OCCOCC)NCCC(=O)OC.I. The summed E-state index contributed by atoms with van der Waals surface area (Å²) in [6, 6.07) is 6.07. The lowest BCUT2D eigenvalue weighted by Gasteiger charge is -2.13. The minimum Gasteiger partial charge on any atom is -0.491 e. The zero-order valence-corrected chi connectivity index (χ0v) is 19.0. The first-order valence-corrected chi connectivity index (χ1v) is 8.99. The van der Waals surface area contributed by atoms with Gasteiger partial charge in [-0.2, -0.15) is 0 Å². The van der Waals surface area contributed by atoms with E-state index in [0.29, 0.717) is 38.9 Å². The quantitative estimate of drug-likeness (QED) is 0.162. The molecule has 1 aromatic rings. The van der Waals surface area contributed by atoms with Crippen LogP contribution in [-0.2, 0) is 20.8 Å². The standard InChI is InChI=1S/C19H31N3O4.HI/c1-5-20-19(21-10-9-18(23)24-4)22-14-16-8-7-15(3)13-17(16)26-12-11-25-6-2;/h7-8,13H,5-6,9-12,14H2,1-4H3,(H2,20,21,22);1H. The molecule has 7 nitrogen and oxygen atoms in total. The maximum atomic E-state index is 11.2. The Bertz CT molecular complexity index is 582. The van der Waals surface area contributed by atoms with Gasteiger partial charge in [-0.3, -0.25) is 4.79 Å². The van der Waals surface area contributed by atoms with Gasteiger partial charge in [0.1, 0.15) is 12.4 Å². The zero-order chi connectivity index (χ0) is 19.2. The maximum Gasteiger partial charge on any atom is 0.307 e. The Labute approximate surface area is 179 Å². The molecule has 2 N–H and O–H groups in total. The number of carbonyl (C=O) groups is 1. The fraction of sp³-hybridized carbons (Fsp3) is 0.579. The topological polar surface area (TPSA) is 81.2 Å². The molecular weight excluding hydrogens is 461 g/mol. The molecule has 0 saturated heterocycles. The fourth-order valence-corrected chi connectivity index (χ4v) is 2.17. The molecule has 0 bridgehead atoms. The van der Waals surface area contributed by atoms with E-state index in [-0.39, 0.29) is 36.4 Å². The van der Waals surface area contributed by atoms with Crippen molar-refractivity contribution in [1.82, 2.24) is 10.6 Å². The van der Waals surface area contributed by atoms with Gasteiger partial charge in [-0.05, 0) is 32.4 Å². The summed E-state index contributed by atoms with van der Waals surface area (Å²) >= 11 is 0. The average molecular weight is 493 g/mol. The van der Waals surface area contributed by atoms with Crippen molar-refractivity contribution in [1.29, 1.82) is 0 Å². The van der Waals surface area contributed by atoms with Crippen molar-refractivity contribution in [3.05, 3.63) is 29.3 Å². The Hall–Kier alpha value is -1.55. The lowest BCUT2D eigenvalue weighted by atomic mass is 10.1. The summed E-state index contributed by atoms with van der Waals surface area (Å²) in [5.74, 6) is 1.22. The molecule has 0 saturated carbocycles. The largest absolute Gasteiger partial charge is 0.491 e. The van der Waals surface area contributed by atoms with Crippen LogP contribution in [0.3, 0.4) is 0 Å². The molecular formula is C19H32IN3O4. The van der Waals surface area contributed by atoms with Crippen molar-refractivity contribution in [3.8, 4) is 5.75 Å². The van der Waals surface area contributed by atoms with Gasteiger partial charge in [0.05, 0.1) is 26.7 Å². The number of hydrogen-bond donors (Lipinski definition) is 2. The maximum absolute atomic E-state index is 11.2. The number of carbonyl (C=O) groups excluding carboxylic acids is 1. The number of guanidine groups is 1. The van der Waals surface area contributed by atoms with E-state index in [9.17, 15) is 4.79 Å². The number of nitrogens with zero attached hydrogens (tertiary/aromatic N) is 1. The van der Waals surface area contributed by atoms with Crippen LogP contribution in [0.25, 0.3) is 0 Å². The first-order valence-electron chi connectivity index (χ1n) is 8.99. The van der Waals surface area contributed by atoms with Crippen molar-refractivity contribution in [3.63, 3.8) is 0 Å². The van der Waals surface area contributed by atoms with Gasteiger partial charge in [-0.15, -0.1) is 24.0 Å². The normalized spacial score (nSPS) is 10.7. The van der Waals surface area contributed by atoms with Crippen LogP contribution >= 0.6 is 24.0 Å². The van der Waals surface area contributed by atoms with Crippen molar-refractivity contribution >= 4 is 35.9 Å². The van der Waals surface area contributed by atoms with Crippen molar-refractivity contribution in [2.45, 2.75) is 33.7 Å². The second-order valence-corrected chi connectivity index (χ2v) is 5.60. The molecule has 0 radical (unpaired) electrons. The number of aryl methyl sites for hydroxylation is 1. The van der Waals surface area contributed by atoms with Crippen molar-refractivity contribution in [2.75, 3.05) is 40.0 Å². The average Bonchev–Trinajstić information content (AvgIpc) is 2.64. The minimum atomic E-state index is -0.253. The van der Waals surface area contributed by atoms with Crippen molar-refractivity contribution < 1.29 is 19.0 Å². The Morgan fingerprint density at radius 2 is 1.96 bits per heavy atom. The van der Waals surface area contributed by atoms with Gasteiger partial charge in [0.25, 0.3) is 0 Å². The van der Waals surface area contributed by atoms with E-state index in [1.807, 2.05) is 39.0 Å². The summed E-state index contributed by atoms with van der Waals surface area (Å²) in [5, 5.41) is 6.29. The highest BCUT2D eigenvalue weighted by Gasteiger charge is 2.06. The van der Waals surface area contributed by atoms with Gasteiger partial charge in [-0.25, -0.2) is 4.99 Å². The molecule has 0 spiro atoms. The van der Waals surface area contributed by atoms with Crippen LogP contribution < -0.4 is 15.4 Å². The van der Waals surface area contributed by atoms with Gasteiger partial charge in [0, 0.05) is 25.3 Å². The van der Waals surface area contributed by atoms with Gasteiger partial charge < -0.3 is 24.8 Å². The zero-order valence-electron chi connectivity index (χ0n) is 16.7. The molecule has 0 unspecified atom stereocenters. The summed E-state index contributed by atoms with van der Waals surface area (Å²) < 4.78 is 15.8.